The Bertz CT molecular complexity index is 854. The number of anilines is 1. The topological polar surface area (TPSA) is 89.3 Å². The summed E-state index contributed by atoms with van der Waals surface area (Å²) < 4.78 is 27.7. The molecule has 0 spiro atoms. The van der Waals surface area contributed by atoms with Gasteiger partial charge in [0.1, 0.15) is 0 Å². The van der Waals surface area contributed by atoms with Crippen LogP contribution in [0.25, 0.3) is 0 Å². The number of sulfonamides is 1. The Balaban J connectivity index is 1.82. The van der Waals surface area contributed by atoms with E-state index in [-0.39, 0.29) is 16.1 Å². The van der Waals surface area contributed by atoms with Crippen LogP contribution in [0.15, 0.2) is 53.4 Å². The first-order valence-electron chi connectivity index (χ1n) is 8.49. The van der Waals surface area contributed by atoms with Gasteiger partial charge in [-0.2, -0.15) is 0 Å². The van der Waals surface area contributed by atoms with E-state index in [1.54, 1.807) is 24.3 Å². The molecule has 0 bridgehead atoms. The van der Waals surface area contributed by atoms with E-state index in [0.29, 0.717) is 5.92 Å². The van der Waals surface area contributed by atoms with E-state index < -0.39 is 15.9 Å². The summed E-state index contributed by atoms with van der Waals surface area (Å²) in [6.07, 6.45) is 6.07. The van der Waals surface area contributed by atoms with Crippen molar-refractivity contribution in [3.63, 3.8) is 0 Å². The van der Waals surface area contributed by atoms with Crippen LogP contribution in [0.1, 0.15) is 53.9 Å². The maximum atomic E-state index is 12.6. The highest BCUT2D eigenvalue weighted by atomic mass is 32.2. The monoisotopic (exact) mass is 358 g/mol. The van der Waals surface area contributed by atoms with Gasteiger partial charge >= 0.3 is 0 Å². The molecule has 1 aliphatic rings. The maximum absolute atomic E-state index is 12.6. The molecule has 1 fully saturated rings. The molecule has 0 radical (unpaired) electrons. The average molecular weight is 358 g/mol. The zero-order valence-electron chi connectivity index (χ0n) is 13.9. The van der Waals surface area contributed by atoms with Gasteiger partial charge in [-0.1, -0.05) is 43.5 Å². The van der Waals surface area contributed by atoms with Crippen LogP contribution < -0.4 is 10.5 Å². The summed E-state index contributed by atoms with van der Waals surface area (Å²) in [6, 6.07) is 13.3. The van der Waals surface area contributed by atoms with Crippen molar-refractivity contribution in [3.05, 3.63) is 59.7 Å². The first-order valence-corrected chi connectivity index (χ1v) is 9.97. The number of hydrogen-bond donors (Lipinski definition) is 2. The summed E-state index contributed by atoms with van der Waals surface area (Å²) in [5, 5.41) is 0. The fourth-order valence-corrected chi connectivity index (χ4v) is 4.43. The van der Waals surface area contributed by atoms with Gasteiger partial charge in [0.25, 0.3) is 15.9 Å². The van der Waals surface area contributed by atoms with E-state index in [1.165, 1.54) is 37.0 Å². The van der Waals surface area contributed by atoms with Gasteiger partial charge < -0.3 is 5.73 Å². The third-order valence-corrected chi connectivity index (χ3v) is 6.09. The number of amides is 1. The number of hydrogen-bond acceptors (Lipinski definition) is 3. The minimum Gasteiger partial charge on any atom is -0.366 e. The second kappa shape index (κ2) is 7.27. The molecule has 0 heterocycles. The molecule has 1 amide bonds. The van der Waals surface area contributed by atoms with Gasteiger partial charge in [-0.3, -0.25) is 9.52 Å². The molecule has 5 nitrogen and oxygen atoms in total. The second-order valence-electron chi connectivity index (χ2n) is 6.42. The number of carbonyl (C=O) groups is 1. The zero-order chi connectivity index (χ0) is 17.9. The van der Waals surface area contributed by atoms with E-state index in [2.05, 4.69) is 4.72 Å². The number of carbonyl (C=O) groups excluding carboxylic acids is 1. The number of nitrogens with one attached hydrogen (secondary N) is 1. The van der Waals surface area contributed by atoms with Gasteiger partial charge in [-0.25, -0.2) is 8.42 Å². The molecule has 1 saturated carbocycles. The van der Waals surface area contributed by atoms with Gasteiger partial charge in [-0.15, -0.1) is 0 Å². The summed E-state index contributed by atoms with van der Waals surface area (Å²) in [7, 11) is -3.77. The lowest BCUT2D eigenvalue weighted by atomic mass is 9.84. The number of benzene rings is 2. The lowest BCUT2D eigenvalue weighted by Crippen LogP contribution is -2.18. The van der Waals surface area contributed by atoms with Crippen LogP contribution in [0, 0.1) is 0 Å². The molecule has 0 saturated heterocycles. The van der Waals surface area contributed by atoms with Crippen molar-refractivity contribution < 1.29 is 13.2 Å². The highest BCUT2D eigenvalue weighted by Gasteiger charge is 2.19. The van der Waals surface area contributed by atoms with Crippen molar-refractivity contribution in [2.45, 2.75) is 42.9 Å². The highest BCUT2D eigenvalue weighted by molar-refractivity contribution is 7.92. The van der Waals surface area contributed by atoms with Gasteiger partial charge in [0, 0.05) is 0 Å². The highest BCUT2D eigenvalue weighted by Crippen LogP contribution is 2.33. The standard InChI is InChI=1S/C19H22N2O3S/c20-19(22)17-8-4-5-9-18(17)21-25(23,24)16-12-10-15(11-13-16)14-6-2-1-3-7-14/h4-5,8-14,21H,1-3,6-7H2,(H2,20,22). The molecule has 1 aliphatic carbocycles. The number of nitrogens with two attached hydrogens (primary N) is 1. The van der Waals surface area contributed by atoms with E-state index in [0.717, 1.165) is 12.8 Å². The summed E-state index contributed by atoms with van der Waals surface area (Å²) in [6.45, 7) is 0. The molecular formula is C19H22N2O3S. The Kier molecular flexibility index (Phi) is 5.08. The molecule has 0 aromatic heterocycles. The molecule has 2 aromatic carbocycles. The molecule has 3 N–H and O–H groups in total. The van der Waals surface area contributed by atoms with Crippen LogP contribution in [-0.4, -0.2) is 14.3 Å². The maximum Gasteiger partial charge on any atom is 0.261 e. The summed E-state index contributed by atoms with van der Waals surface area (Å²) in [5.74, 6) is -0.153. The molecule has 0 atom stereocenters. The quantitative estimate of drug-likeness (QED) is 0.855. The van der Waals surface area contributed by atoms with E-state index >= 15 is 0 Å². The summed E-state index contributed by atoms with van der Waals surface area (Å²) in [4.78, 5) is 11.6. The molecule has 25 heavy (non-hydrogen) atoms. The number of primary amides is 1. The Morgan fingerprint density at radius 2 is 1.60 bits per heavy atom. The first-order chi connectivity index (χ1) is 12.0. The fraction of sp³-hybridized carbons (Fsp3) is 0.316. The minimum atomic E-state index is -3.77. The van der Waals surface area contributed by atoms with Gasteiger partial charge in [-0.05, 0) is 48.6 Å². The van der Waals surface area contributed by atoms with E-state index in [9.17, 15) is 13.2 Å². The Morgan fingerprint density at radius 1 is 0.960 bits per heavy atom. The SMILES string of the molecule is NC(=O)c1ccccc1NS(=O)(=O)c1ccc(C2CCCCC2)cc1. The van der Waals surface area contributed by atoms with Gasteiger partial charge in [0.15, 0.2) is 0 Å². The van der Waals surface area contributed by atoms with Crippen LogP contribution in [-0.2, 0) is 10.0 Å². The van der Waals surface area contributed by atoms with E-state index in [1.807, 2.05) is 12.1 Å². The Morgan fingerprint density at radius 3 is 2.24 bits per heavy atom. The van der Waals surface area contributed by atoms with Crippen molar-refractivity contribution in [1.29, 1.82) is 0 Å². The van der Waals surface area contributed by atoms with Crippen molar-refractivity contribution in [2.24, 2.45) is 5.73 Å². The van der Waals surface area contributed by atoms with Crippen molar-refractivity contribution >= 4 is 21.6 Å². The molecular weight excluding hydrogens is 336 g/mol. The van der Waals surface area contributed by atoms with Crippen LogP contribution in [0.2, 0.25) is 0 Å². The Labute approximate surface area is 148 Å². The molecule has 0 unspecified atom stereocenters. The van der Waals surface area contributed by atoms with Crippen LogP contribution in [0.3, 0.4) is 0 Å². The van der Waals surface area contributed by atoms with E-state index in [4.69, 9.17) is 5.73 Å². The lowest BCUT2D eigenvalue weighted by Gasteiger charge is -2.22. The van der Waals surface area contributed by atoms with Gasteiger partial charge in [0.05, 0.1) is 16.1 Å². The summed E-state index contributed by atoms with van der Waals surface area (Å²) >= 11 is 0. The largest absolute Gasteiger partial charge is 0.366 e. The lowest BCUT2D eigenvalue weighted by molar-refractivity contribution is 0.100. The van der Waals surface area contributed by atoms with Crippen LogP contribution in [0.4, 0.5) is 5.69 Å². The molecule has 132 valence electrons. The first kappa shape index (κ1) is 17.5. The van der Waals surface area contributed by atoms with Crippen LogP contribution >= 0.6 is 0 Å². The van der Waals surface area contributed by atoms with Gasteiger partial charge in [0.2, 0.25) is 0 Å². The van der Waals surface area contributed by atoms with Crippen LogP contribution in [0.5, 0.6) is 0 Å². The number of para-hydroxylation sites is 1. The van der Waals surface area contributed by atoms with Crippen molar-refractivity contribution in [1.82, 2.24) is 0 Å². The third kappa shape index (κ3) is 4.02. The predicted octanol–water partition coefficient (Wildman–Crippen LogP) is 3.63. The molecule has 0 aliphatic heterocycles. The smallest absolute Gasteiger partial charge is 0.261 e. The minimum absolute atomic E-state index is 0.143. The molecule has 6 heteroatoms. The second-order valence-corrected chi connectivity index (χ2v) is 8.10. The predicted molar refractivity (Wildman–Crippen MR) is 98.0 cm³/mol. The number of rotatable bonds is 5. The molecule has 3 rings (SSSR count). The molecule has 2 aromatic rings. The summed E-state index contributed by atoms with van der Waals surface area (Å²) in [5.41, 5.74) is 6.82. The zero-order valence-corrected chi connectivity index (χ0v) is 14.8. The van der Waals surface area contributed by atoms with Crippen molar-refractivity contribution in [3.8, 4) is 0 Å². The normalized spacial score (nSPS) is 15.7. The Hall–Kier alpha value is -2.34. The van der Waals surface area contributed by atoms with Crippen molar-refractivity contribution in [2.75, 3.05) is 4.72 Å². The fourth-order valence-electron chi connectivity index (χ4n) is 3.35. The average Bonchev–Trinajstić information content (AvgIpc) is 2.62. The third-order valence-electron chi connectivity index (χ3n) is 4.70.